The van der Waals surface area contributed by atoms with Gasteiger partial charge in [0.15, 0.2) is 0 Å². The van der Waals surface area contributed by atoms with E-state index in [0.717, 1.165) is 31.7 Å². The molecule has 2 rings (SSSR count). The molecule has 1 heterocycles. The summed E-state index contributed by atoms with van der Waals surface area (Å²) in [5.41, 5.74) is 1.51. The van der Waals surface area contributed by atoms with Crippen molar-refractivity contribution in [3.63, 3.8) is 0 Å². The third-order valence-electron chi connectivity index (χ3n) is 3.58. The van der Waals surface area contributed by atoms with Gasteiger partial charge in [-0.3, -0.25) is 4.79 Å². The number of rotatable bonds is 5. The molecule has 5 heteroatoms. The normalized spacial score (nSPS) is 17.0. The maximum Gasteiger partial charge on any atom is 0.271 e. The SMILES string of the molecule is CC(=NOCC=Cc1ccccc1)C(=O)N1CCN(C)CC1. The lowest BCUT2D eigenvalue weighted by molar-refractivity contribution is -0.125. The van der Waals surface area contributed by atoms with Gasteiger partial charge in [-0.25, -0.2) is 0 Å². The van der Waals surface area contributed by atoms with Crippen molar-refractivity contribution in [2.75, 3.05) is 39.8 Å². The molecule has 1 aromatic rings. The van der Waals surface area contributed by atoms with Crippen LogP contribution in [0.4, 0.5) is 0 Å². The third kappa shape index (κ3) is 5.00. The van der Waals surface area contributed by atoms with Crippen LogP contribution in [0.5, 0.6) is 0 Å². The molecule has 118 valence electrons. The van der Waals surface area contributed by atoms with Crippen LogP contribution >= 0.6 is 0 Å². The van der Waals surface area contributed by atoms with Gasteiger partial charge in [-0.2, -0.15) is 0 Å². The van der Waals surface area contributed by atoms with Crippen molar-refractivity contribution in [1.29, 1.82) is 0 Å². The Labute approximate surface area is 131 Å². The molecule has 0 unspecified atom stereocenters. The van der Waals surface area contributed by atoms with Crippen molar-refractivity contribution in [3.05, 3.63) is 42.0 Å². The van der Waals surface area contributed by atoms with Gasteiger partial charge < -0.3 is 14.6 Å². The Balaban J connectivity index is 1.75. The highest BCUT2D eigenvalue weighted by atomic mass is 16.6. The number of amides is 1. The molecule has 0 bridgehead atoms. The van der Waals surface area contributed by atoms with Crippen LogP contribution in [0, 0.1) is 0 Å². The summed E-state index contributed by atoms with van der Waals surface area (Å²) in [6.45, 7) is 5.34. The first-order valence-corrected chi connectivity index (χ1v) is 7.53. The Morgan fingerprint density at radius 3 is 2.59 bits per heavy atom. The fourth-order valence-corrected chi connectivity index (χ4v) is 2.20. The molecule has 0 atom stereocenters. The molecule has 1 fully saturated rings. The van der Waals surface area contributed by atoms with Gasteiger partial charge in [0.05, 0.1) is 0 Å². The molecule has 0 spiro atoms. The van der Waals surface area contributed by atoms with E-state index in [1.54, 1.807) is 6.92 Å². The minimum absolute atomic E-state index is 0.0415. The highest BCUT2D eigenvalue weighted by molar-refractivity contribution is 6.37. The number of carbonyl (C=O) groups excluding carboxylic acids is 1. The largest absolute Gasteiger partial charge is 0.391 e. The molecule has 0 N–H and O–H groups in total. The van der Waals surface area contributed by atoms with E-state index in [0.29, 0.717) is 12.3 Å². The molecule has 0 aromatic heterocycles. The second-order valence-corrected chi connectivity index (χ2v) is 5.38. The predicted molar refractivity (Wildman–Crippen MR) is 88.6 cm³/mol. The van der Waals surface area contributed by atoms with E-state index >= 15 is 0 Å². The van der Waals surface area contributed by atoms with E-state index in [2.05, 4.69) is 17.1 Å². The lowest BCUT2D eigenvalue weighted by atomic mass is 10.2. The Morgan fingerprint density at radius 1 is 1.23 bits per heavy atom. The van der Waals surface area contributed by atoms with Gasteiger partial charge >= 0.3 is 0 Å². The fraction of sp³-hybridized carbons (Fsp3) is 0.412. The summed E-state index contributed by atoms with van der Waals surface area (Å²) in [6, 6.07) is 9.98. The first kappa shape index (κ1) is 16.2. The maximum absolute atomic E-state index is 12.2. The Kier molecular flexibility index (Phi) is 6.15. The third-order valence-corrected chi connectivity index (χ3v) is 3.58. The molecule has 1 saturated heterocycles. The van der Waals surface area contributed by atoms with Gasteiger partial charge in [-0.15, -0.1) is 0 Å². The van der Waals surface area contributed by atoms with Crippen molar-refractivity contribution in [2.45, 2.75) is 6.92 Å². The van der Waals surface area contributed by atoms with Crippen molar-refractivity contribution in [3.8, 4) is 0 Å². The summed E-state index contributed by atoms with van der Waals surface area (Å²) in [4.78, 5) is 21.4. The van der Waals surface area contributed by atoms with Gasteiger partial charge in [-0.1, -0.05) is 41.6 Å². The van der Waals surface area contributed by atoms with E-state index in [-0.39, 0.29) is 5.91 Å². The van der Waals surface area contributed by atoms with E-state index in [1.165, 1.54) is 0 Å². The molecule has 1 amide bonds. The molecule has 0 aliphatic carbocycles. The number of hydrogen-bond acceptors (Lipinski definition) is 4. The molecule has 0 saturated carbocycles. The van der Waals surface area contributed by atoms with Crippen LogP contribution in [0.1, 0.15) is 12.5 Å². The molecule has 1 aromatic carbocycles. The standard InChI is InChI=1S/C17H23N3O2/c1-15(17(21)20-12-10-19(2)11-13-20)18-22-14-6-9-16-7-4-3-5-8-16/h3-9H,10-14H2,1-2H3. The Hall–Kier alpha value is -2.14. The Morgan fingerprint density at radius 2 is 1.91 bits per heavy atom. The molecular weight excluding hydrogens is 278 g/mol. The molecule has 1 aliphatic heterocycles. The van der Waals surface area contributed by atoms with Crippen LogP contribution in [0.25, 0.3) is 6.08 Å². The van der Waals surface area contributed by atoms with Crippen LogP contribution in [-0.2, 0) is 9.63 Å². The minimum Gasteiger partial charge on any atom is -0.391 e. The van der Waals surface area contributed by atoms with E-state index in [9.17, 15) is 4.79 Å². The van der Waals surface area contributed by atoms with Crippen molar-refractivity contribution < 1.29 is 9.63 Å². The molecule has 1 aliphatic rings. The zero-order chi connectivity index (χ0) is 15.8. The van der Waals surface area contributed by atoms with Gasteiger partial charge in [0, 0.05) is 26.2 Å². The van der Waals surface area contributed by atoms with Crippen LogP contribution in [0.2, 0.25) is 0 Å². The number of likely N-dealkylation sites (N-methyl/N-ethyl adjacent to an activating group) is 1. The van der Waals surface area contributed by atoms with Gasteiger partial charge in [0.1, 0.15) is 12.3 Å². The topological polar surface area (TPSA) is 45.1 Å². The predicted octanol–water partition coefficient (Wildman–Crippen LogP) is 1.87. The average Bonchev–Trinajstić information content (AvgIpc) is 2.55. The molecule has 22 heavy (non-hydrogen) atoms. The van der Waals surface area contributed by atoms with Crippen LogP contribution in [0.15, 0.2) is 41.6 Å². The smallest absolute Gasteiger partial charge is 0.271 e. The quantitative estimate of drug-likeness (QED) is 0.474. The number of oxime groups is 1. The van der Waals surface area contributed by atoms with Gasteiger partial charge in [-0.05, 0) is 25.6 Å². The average molecular weight is 301 g/mol. The summed E-state index contributed by atoms with van der Waals surface area (Å²) in [5, 5.41) is 3.91. The van der Waals surface area contributed by atoms with Crippen molar-refractivity contribution >= 4 is 17.7 Å². The highest BCUT2D eigenvalue weighted by Crippen LogP contribution is 2.02. The van der Waals surface area contributed by atoms with Crippen LogP contribution < -0.4 is 0 Å². The lowest BCUT2D eigenvalue weighted by Crippen LogP contribution is -2.48. The van der Waals surface area contributed by atoms with Gasteiger partial charge in [0.25, 0.3) is 5.91 Å². The van der Waals surface area contributed by atoms with Crippen molar-refractivity contribution in [1.82, 2.24) is 9.80 Å². The second-order valence-electron chi connectivity index (χ2n) is 5.38. The summed E-state index contributed by atoms with van der Waals surface area (Å²) in [5.74, 6) is -0.0415. The van der Waals surface area contributed by atoms with Crippen LogP contribution in [0.3, 0.4) is 0 Å². The van der Waals surface area contributed by atoms with Gasteiger partial charge in [0.2, 0.25) is 0 Å². The Bertz CT molecular complexity index is 532. The molecule has 0 radical (unpaired) electrons. The second kappa shape index (κ2) is 8.34. The van der Waals surface area contributed by atoms with Crippen molar-refractivity contribution in [2.24, 2.45) is 5.16 Å². The zero-order valence-electron chi connectivity index (χ0n) is 13.2. The first-order valence-electron chi connectivity index (χ1n) is 7.53. The number of nitrogens with zero attached hydrogens (tertiary/aromatic N) is 3. The van der Waals surface area contributed by atoms with E-state index in [1.807, 2.05) is 47.4 Å². The summed E-state index contributed by atoms with van der Waals surface area (Å²) in [6.07, 6.45) is 3.85. The number of piperazine rings is 1. The summed E-state index contributed by atoms with van der Waals surface area (Å²) >= 11 is 0. The lowest BCUT2D eigenvalue weighted by Gasteiger charge is -2.32. The van der Waals surface area contributed by atoms with E-state index in [4.69, 9.17) is 4.84 Å². The summed E-state index contributed by atoms with van der Waals surface area (Å²) < 4.78 is 0. The fourth-order valence-electron chi connectivity index (χ4n) is 2.20. The highest BCUT2D eigenvalue weighted by Gasteiger charge is 2.21. The first-order chi connectivity index (χ1) is 10.7. The minimum atomic E-state index is -0.0415. The van der Waals surface area contributed by atoms with Crippen LogP contribution in [-0.4, -0.2) is 61.3 Å². The molecule has 5 nitrogen and oxygen atoms in total. The maximum atomic E-state index is 12.2. The number of benzene rings is 1. The molecular formula is C17H23N3O2. The van der Waals surface area contributed by atoms with E-state index < -0.39 is 0 Å². The monoisotopic (exact) mass is 301 g/mol. The summed E-state index contributed by atoms with van der Waals surface area (Å²) in [7, 11) is 2.06. The number of hydrogen-bond donors (Lipinski definition) is 0. The number of carbonyl (C=O) groups is 1. The zero-order valence-corrected chi connectivity index (χ0v) is 13.2.